The summed E-state index contributed by atoms with van der Waals surface area (Å²) in [5, 5.41) is 1.63. The standard InChI is InChI=1S/C11H9F6NO2/c12-10(13,14)6-20-8-3-1-7(2-4-8)5-18-9(19)11(15,16)17/h1-4H,5-6H2,(H,18,19). The second-order valence-electron chi connectivity index (χ2n) is 3.73. The van der Waals surface area contributed by atoms with E-state index in [-0.39, 0.29) is 5.75 Å². The van der Waals surface area contributed by atoms with Gasteiger partial charge in [-0.15, -0.1) is 0 Å². The molecule has 0 fully saturated rings. The zero-order valence-electron chi connectivity index (χ0n) is 9.81. The first-order chi connectivity index (χ1) is 9.08. The summed E-state index contributed by atoms with van der Waals surface area (Å²) in [6.07, 6.45) is -9.45. The minimum Gasteiger partial charge on any atom is -0.484 e. The highest BCUT2D eigenvalue weighted by Gasteiger charge is 2.38. The minimum absolute atomic E-state index is 0.0757. The van der Waals surface area contributed by atoms with E-state index in [1.807, 2.05) is 0 Å². The van der Waals surface area contributed by atoms with Gasteiger partial charge in [-0.1, -0.05) is 12.1 Å². The van der Waals surface area contributed by atoms with Crippen LogP contribution in [0.2, 0.25) is 0 Å². The topological polar surface area (TPSA) is 38.3 Å². The largest absolute Gasteiger partial charge is 0.484 e. The molecule has 1 aromatic carbocycles. The molecule has 0 aliphatic heterocycles. The third-order valence-corrected chi connectivity index (χ3v) is 2.04. The van der Waals surface area contributed by atoms with Crippen molar-refractivity contribution in [2.45, 2.75) is 18.9 Å². The molecular formula is C11H9F6NO2. The molecule has 3 nitrogen and oxygen atoms in total. The molecule has 1 N–H and O–H groups in total. The Morgan fingerprint density at radius 1 is 1.05 bits per heavy atom. The SMILES string of the molecule is O=C(NCc1ccc(OCC(F)(F)F)cc1)C(F)(F)F. The molecular weight excluding hydrogens is 292 g/mol. The molecule has 0 spiro atoms. The molecule has 0 unspecified atom stereocenters. The van der Waals surface area contributed by atoms with Crippen LogP contribution in [0.4, 0.5) is 26.3 Å². The number of nitrogens with one attached hydrogen (secondary N) is 1. The van der Waals surface area contributed by atoms with E-state index in [1.54, 1.807) is 5.32 Å². The van der Waals surface area contributed by atoms with Crippen molar-refractivity contribution in [2.75, 3.05) is 6.61 Å². The number of amides is 1. The molecule has 0 aliphatic carbocycles. The smallest absolute Gasteiger partial charge is 0.471 e. The van der Waals surface area contributed by atoms with Crippen molar-refractivity contribution in [3.05, 3.63) is 29.8 Å². The average molecular weight is 301 g/mol. The van der Waals surface area contributed by atoms with Gasteiger partial charge in [-0.25, -0.2) is 0 Å². The Kier molecular flexibility index (Phi) is 4.85. The summed E-state index contributed by atoms with van der Waals surface area (Å²) in [6, 6.07) is 4.84. The van der Waals surface area contributed by atoms with Crippen LogP contribution in [0.1, 0.15) is 5.56 Å². The molecule has 9 heteroatoms. The van der Waals surface area contributed by atoms with E-state index in [9.17, 15) is 31.1 Å². The van der Waals surface area contributed by atoms with Crippen LogP contribution in [0.3, 0.4) is 0 Å². The first kappa shape index (κ1) is 16.1. The molecule has 0 atom stereocenters. The Morgan fingerprint density at radius 3 is 2.05 bits per heavy atom. The number of halogens is 6. The normalized spacial score (nSPS) is 12.1. The Balaban J connectivity index is 2.49. The van der Waals surface area contributed by atoms with E-state index in [2.05, 4.69) is 4.74 Å². The molecule has 0 saturated heterocycles. The molecule has 0 heterocycles. The second-order valence-corrected chi connectivity index (χ2v) is 3.73. The summed E-state index contributed by atoms with van der Waals surface area (Å²) in [5.74, 6) is -2.16. The molecule has 0 bridgehead atoms. The first-order valence-electron chi connectivity index (χ1n) is 5.21. The number of benzene rings is 1. The number of carbonyl (C=O) groups excluding carboxylic acids is 1. The van der Waals surface area contributed by atoms with Crippen molar-refractivity contribution in [3.8, 4) is 5.75 Å². The average Bonchev–Trinajstić information content (AvgIpc) is 2.32. The van der Waals surface area contributed by atoms with Gasteiger partial charge in [0, 0.05) is 6.54 Å². The monoisotopic (exact) mass is 301 g/mol. The van der Waals surface area contributed by atoms with E-state index in [1.165, 1.54) is 24.3 Å². The van der Waals surface area contributed by atoms with E-state index >= 15 is 0 Å². The van der Waals surface area contributed by atoms with E-state index in [4.69, 9.17) is 0 Å². The third kappa shape index (κ3) is 5.81. The van der Waals surface area contributed by atoms with Gasteiger partial charge in [-0.05, 0) is 17.7 Å². The predicted molar refractivity (Wildman–Crippen MR) is 55.9 cm³/mol. The summed E-state index contributed by atoms with van der Waals surface area (Å²) in [4.78, 5) is 10.5. The maximum atomic E-state index is 11.9. The Labute approximate surface area is 109 Å². The van der Waals surface area contributed by atoms with Gasteiger partial charge in [0.25, 0.3) is 0 Å². The maximum absolute atomic E-state index is 11.9. The summed E-state index contributed by atoms with van der Waals surface area (Å²) in [5.41, 5.74) is 0.293. The molecule has 112 valence electrons. The van der Waals surface area contributed by atoms with Crippen molar-refractivity contribution >= 4 is 5.91 Å². The lowest BCUT2D eigenvalue weighted by atomic mass is 10.2. The lowest BCUT2D eigenvalue weighted by Crippen LogP contribution is -2.36. The van der Waals surface area contributed by atoms with Crippen LogP contribution >= 0.6 is 0 Å². The molecule has 1 rings (SSSR count). The zero-order chi connectivity index (χ0) is 15.4. The summed E-state index contributed by atoms with van der Waals surface area (Å²) in [7, 11) is 0. The summed E-state index contributed by atoms with van der Waals surface area (Å²) >= 11 is 0. The summed E-state index contributed by atoms with van der Waals surface area (Å²) < 4.78 is 75.7. The molecule has 0 aliphatic rings. The number of hydrogen-bond acceptors (Lipinski definition) is 2. The number of ether oxygens (including phenoxy) is 1. The van der Waals surface area contributed by atoms with Gasteiger partial charge in [0.2, 0.25) is 0 Å². The van der Waals surface area contributed by atoms with Crippen molar-refractivity contribution in [3.63, 3.8) is 0 Å². The third-order valence-electron chi connectivity index (χ3n) is 2.04. The lowest BCUT2D eigenvalue weighted by molar-refractivity contribution is -0.173. The highest BCUT2D eigenvalue weighted by molar-refractivity contribution is 5.81. The van der Waals surface area contributed by atoms with Crippen molar-refractivity contribution in [1.82, 2.24) is 5.32 Å². The fourth-order valence-corrected chi connectivity index (χ4v) is 1.15. The highest BCUT2D eigenvalue weighted by atomic mass is 19.4. The molecule has 1 amide bonds. The number of rotatable bonds is 4. The maximum Gasteiger partial charge on any atom is 0.471 e. The van der Waals surface area contributed by atoms with Crippen LogP contribution in [0, 0.1) is 0 Å². The second kappa shape index (κ2) is 6.02. The van der Waals surface area contributed by atoms with Gasteiger partial charge >= 0.3 is 18.3 Å². The molecule has 0 aromatic heterocycles. The highest BCUT2D eigenvalue weighted by Crippen LogP contribution is 2.19. The predicted octanol–water partition coefficient (Wildman–Crippen LogP) is 2.81. The Hall–Kier alpha value is -1.93. The fraction of sp³-hybridized carbons (Fsp3) is 0.364. The van der Waals surface area contributed by atoms with E-state index in [0.29, 0.717) is 5.56 Å². The van der Waals surface area contributed by atoms with Gasteiger partial charge in [0.05, 0.1) is 0 Å². The number of carbonyl (C=O) groups is 1. The van der Waals surface area contributed by atoms with Crippen LogP contribution in [0.15, 0.2) is 24.3 Å². The van der Waals surface area contributed by atoms with Crippen LogP contribution < -0.4 is 10.1 Å². The van der Waals surface area contributed by atoms with Gasteiger partial charge < -0.3 is 10.1 Å². The van der Waals surface area contributed by atoms with Crippen molar-refractivity contribution in [1.29, 1.82) is 0 Å². The molecule has 20 heavy (non-hydrogen) atoms. The van der Waals surface area contributed by atoms with Crippen LogP contribution in [-0.2, 0) is 11.3 Å². The van der Waals surface area contributed by atoms with Crippen molar-refractivity contribution < 1.29 is 35.9 Å². The van der Waals surface area contributed by atoms with Gasteiger partial charge in [-0.3, -0.25) is 4.79 Å². The number of hydrogen-bond donors (Lipinski definition) is 1. The van der Waals surface area contributed by atoms with Crippen molar-refractivity contribution in [2.24, 2.45) is 0 Å². The molecule has 1 aromatic rings. The minimum atomic E-state index is -4.98. The van der Waals surface area contributed by atoms with Crippen LogP contribution in [0.5, 0.6) is 5.75 Å². The summed E-state index contributed by atoms with van der Waals surface area (Å²) in [6.45, 7) is -1.85. The Morgan fingerprint density at radius 2 is 1.60 bits per heavy atom. The first-order valence-corrected chi connectivity index (χ1v) is 5.21. The van der Waals surface area contributed by atoms with Gasteiger partial charge in [-0.2, -0.15) is 26.3 Å². The lowest BCUT2D eigenvalue weighted by Gasteiger charge is -2.10. The van der Waals surface area contributed by atoms with Crippen LogP contribution in [0.25, 0.3) is 0 Å². The molecule has 0 saturated carbocycles. The van der Waals surface area contributed by atoms with E-state index in [0.717, 1.165) is 0 Å². The Bertz CT molecular complexity index is 451. The molecule has 0 radical (unpaired) electrons. The number of alkyl halides is 6. The van der Waals surface area contributed by atoms with Gasteiger partial charge in [0.1, 0.15) is 5.75 Å². The quantitative estimate of drug-likeness (QED) is 0.869. The van der Waals surface area contributed by atoms with E-state index < -0.39 is 31.4 Å². The zero-order valence-corrected chi connectivity index (χ0v) is 9.81. The fourth-order valence-electron chi connectivity index (χ4n) is 1.15. The van der Waals surface area contributed by atoms with Gasteiger partial charge in [0.15, 0.2) is 6.61 Å². The van der Waals surface area contributed by atoms with Crippen LogP contribution in [-0.4, -0.2) is 24.9 Å².